The minimum atomic E-state index is -3.41. The Hall–Kier alpha value is -0.430. The van der Waals surface area contributed by atoms with Gasteiger partial charge in [0.2, 0.25) is 10.0 Å². The summed E-state index contributed by atoms with van der Waals surface area (Å²) in [6.07, 6.45) is -0.659. The van der Waals surface area contributed by atoms with Gasteiger partial charge in [-0.25, -0.2) is 8.42 Å². The molecule has 1 N–H and O–H groups in total. The van der Waals surface area contributed by atoms with Gasteiger partial charge in [-0.1, -0.05) is 0 Å². The number of sulfonamides is 1. The Balaban J connectivity index is 2.86. The van der Waals surface area contributed by atoms with Crippen molar-refractivity contribution < 1.29 is 13.5 Å². The lowest BCUT2D eigenvalue weighted by Crippen LogP contribution is -2.32. The van der Waals surface area contributed by atoms with E-state index in [9.17, 15) is 8.42 Å². The van der Waals surface area contributed by atoms with E-state index in [0.29, 0.717) is 0 Å². The van der Waals surface area contributed by atoms with Gasteiger partial charge in [-0.15, -0.1) is 0 Å². The maximum Gasteiger partial charge on any atom is 0.243 e. The molecule has 0 aliphatic carbocycles. The van der Waals surface area contributed by atoms with E-state index in [0.717, 1.165) is 4.31 Å². The summed E-state index contributed by atoms with van der Waals surface area (Å²) >= 11 is 1.33. The smallest absolute Gasteiger partial charge is 0.243 e. The van der Waals surface area contributed by atoms with Gasteiger partial charge < -0.3 is 5.11 Å². The fraction of sp³-hybridized carbons (Fsp3) is 0.500. The quantitative estimate of drug-likeness (QED) is 0.838. The largest absolute Gasteiger partial charge is 0.392 e. The van der Waals surface area contributed by atoms with Gasteiger partial charge in [0.25, 0.3) is 0 Å². The maximum absolute atomic E-state index is 11.8. The minimum absolute atomic E-state index is 0.109. The highest BCUT2D eigenvalue weighted by molar-refractivity contribution is 7.89. The molecule has 0 saturated carbocycles. The molecule has 1 atom stereocenters. The van der Waals surface area contributed by atoms with Gasteiger partial charge in [0, 0.05) is 19.0 Å². The van der Waals surface area contributed by atoms with Crippen LogP contribution >= 0.6 is 11.3 Å². The number of rotatable bonds is 4. The Labute approximate surface area is 87.8 Å². The minimum Gasteiger partial charge on any atom is -0.392 e. The van der Waals surface area contributed by atoms with Crippen LogP contribution in [-0.4, -0.2) is 37.5 Å². The Morgan fingerprint density at radius 3 is 2.71 bits per heavy atom. The van der Waals surface area contributed by atoms with Gasteiger partial charge in [-0.3, -0.25) is 0 Å². The van der Waals surface area contributed by atoms with E-state index in [1.54, 1.807) is 23.8 Å². The summed E-state index contributed by atoms with van der Waals surface area (Å²) in [7, 11) is -1.95. The summed E-state index contributed by atoms with van der Waals surface area (Å²) in [6.45, 7) is 1.66. The van der Waals surface area contributed by atoms with Crippen LogP contribution in [0.5, 0.6) is 0 Å². The number of hydrogen-bond donors (Lipinski definition) is 1. The van der Waals surface area contributed by atoms with Crippen LogP contribution < -0.4 is 0 Å². The first-order valence-electron chi connectivity index (χ1n) is 4.11. The Morgan fingerprint density at radius 1 is 1.64 bits per heavy atom. The molecule has 0 spiro atoms. The standard InChI is InChI=1S/C8H13NO3S2/c1-7(10)5-9(2)14(11,12)8-3-4-13-6-8/h3-4,6-7,10H,5H2,1-2H3/t7-/m0/s1. The Kier molecular flexibility index (Phi) is 3.65. The van der Waals surface area contributed by atoms with E-state index >= 15 is 0 Å². The number of thiophene rings is 1. The van der Waals surface area contributed by atoms with Crippen molar-refractivity contribution in [2.24, 2.45) is 0 Å². The fourth-order valence-corrected chi connectivity index (χ4v) is 3.32. The van der Waals surface area contributed by atoms with Crippen molar-refractivity contribution in [3.8, 4) is 0 Å². The third kappa shape index (κ3) is 2.54. The average Bonchev–Trinajstić information content (AvgIpc) is 2.54. The van der Waals surface area contributed by atoms with E-state index in [2.05, 4.69) is 0 Å². The number of hydrogen-bond acceptors (Lipinski definition) is 4. The monoisotopic (exact) mass is 235 g/mol. The first-order chi connectivity index (χ1) is 6.44. The molecular formula is C8H13NO3S2. The molecule has 80 valence electrons. The molecule has 14 heavy (non-hydrogen) atoms. The zero-order valence-electron chi connectivity index (χ0n) is 8.04. The summed E-state index contributed by atoms with van der Waals surface area (Å²) in [5.74, 6) is 0. The zero-order chi connectivity index (χ0) is 10.8. The van der Waals surface area contributed by atoms with Crippen molar-refractivity contribution in [1.29, 1.82) is 0 Å². The molecular weight excluding hydrogens is 222 g/mol. The Bertz CT molecular complexity index is 369. The van der Waals surface area contributed by atoms with Crippen LogP contribution in [0.15, 0.2) is 21.7 Å². The second-order valence-corrected chi connectivity index (χ2v) is 5.92. The molecule has 4 nitrogen and oxygen atoms in total. The number of likely N-dealkylation sites (N-methyl/N-ethyl adjacent to an activating group) is 1. The lowest BCUT2D eigenvalue weighted by molar-refractivity contribution is 0.171. The second kappa shape index (κ2) is 4.39. The molecule has 6 heteroatoms. The van der Waals surface area contributed by atoms with Crippen molar-refractivity contribution in [3.63, 3.8) is 0 Å². The lowest BCUT2D eigenvalue weighted by atomic mass is 10.4. The molecule has 1 heterocycles. The van der Waals surface area contributed by atoms with E-state index in [4.69, 9.17) is 5.11 Å². The van der Waals surface area contributed by atoms with Crippen molar-refractivity contribution in [2.45, 2.75) is 17.9 Å². The van der Waals surface area contributed by atoms with Crippen molar-refractivity contribution in [2.75, 3.05) is 13.6 Å². The number of aliphatic hydroxyl groups excluding tert-OH is 1. The summed E-state index contributed by atoms with van der Waals surface area (Å²) < 4.78 is 24.7. The van der Waals surface area contributed by atoms with Crippen molar-refractivity contribution >= 4 is 21.4 Å². The van der Waals surface area contributed by atoms with E-state index in [1.165, 1.54) is 18.4 Å². The van der Waals surface area contributed by atoms with Crippen molar-refractivity contribution in [1.82, 2.24) is 4.31 Å². The van der Waals surface area contributed by atoms with E-state index in [-0.39, 0.29) is 11.4 Å². The van der Waals surface area contributed by atoms with Gasteiger partial charge in [0.05, 0.1) is 11.0 Å². The molecule has 1 rings (SSSR count). The van der Waals surface area contributed by atoms with Gasteiger partial charge in [0.15, 0.2) is 0 Å². The van der Waals surface area contributed by atoms with Crippen LogP contribution in [0.1, 0.15) is 6.92 Å². The van der Waals surface area contributed by atoms with Crippen LogP contribution in [0.2, 0.25) is 0 Å². The lowest BCUT2D eigenvalue weighted by Gasteiger charge is -2.17. The third-order valence-corrected chi connectivity index (χ3v) is 4.38. The molecule has 0 amide bonds. The molecule has 0 aromatic carbocycles. The number of nitrogens with zero attached hydrogens (tertiary/aromatic N) is 1. The van der Waals surface area contributed by atoms with Gasteiger partial charge in [-0.2, -0.15) is 15.6 Å². The third-order valence-electron chi connectivity index (χ3n) is 1.72. The second-order valence-electron chi connectivity index (χ2n) is 3.09. The van der Waals surface area contributed by atoms with Crippen LogP contribution in [0, 0.1) is 0 Å². The number of aliphatic hydroxyl groups is 1. The molecule has 0 radical (unpaired) electrons. The Morgan fingerprint density at radius 2 is 2.29 bits per heavy atom. The first-order valence-corrected chi connectivity index (χ1v) is 6.49. The zero-order valence-corrected chi connectivity index (χ0v) is 9.68. The molecule has 0 unspecified atom stereocenters. The molecule has 0 fully saturated rings. The van der Waals surface area contributed by atoms with Crippen LogP contribution in [0.25, 0.3) is 0 Å². The summed E-state index contributed by atoms with van der Waals surface area (Å²) in [6, 6.07) is 1.55. The fourth-order valence-electron chi connectivity index (χ4n) is 1.05. The van der Waals surface area contributed by atoms with Crippen LogP contribution in [0.3, 0.4) is 0 Å². The predicted octanol–water partition coefficient (Wildman–Crippen LogP) is 0.749. The van der Waals surface area contributed by atoms with Crippen LogP contribution in [-0.2, 0) is 10.0 Å². The highest BCUT2D eigenvalue weighted by Crippen LogP contribution is 2.17. The highest BCUT2D eigenvalue weighted by atomic mass is 32.2. The average molecular weight is 235 g/mol. The first kappa shape index (κ1) is 11.6. The molecule has 0 saturated heterocycles. The van der Waals surface area contributed by atoms with E-state index in [1.807, 2.05) is 0 Å². The van der Waals surface area contributed by atoms with Crippen molar-refractivity contribution in [3.05, 3.63) is 16.8 Å². The van der Waals surface area contributed by atoms with Crippen LogP contribution in [0.4, 0.5) is 0 Å². The SMILES string of the molecule is C[C@H](O)CN(C)S(=O)(=O)c1ccsc1. The van der Waals surface area contributed by atoms with E-state index < -0.39 is 16.1 Å². The van der Waals surface area contributed by atoms with Gasteiger partial charge in [0.1, 0.15) is 0 Å². The molecule has 0 aliphatic rings. The molecule has 0 aliphatic heterocycles. The highest BCUT2D eigenvalue weighted by Gasteiger charge is 2.21. The molecule has 1 aromatic heterocycles. The normalized spacial score (nSPS) is 14.6. The summed E-state index contributed by atoms with van der Waals surface area (Å²) in [5.41, 5.74) is 0. The maximum atomic E-state index is 11.8. The summed E-state index contributed by atoms with van der Waals surface area (Å²) in [4.78, 5) is 0.283. The predicted molar refractivity (Wildman–Crippen MR) is 55.8 cm³/mol. The summed E-state index contributed by atoms with van der Waals surface area (Å²) in [5, 5.41) is 12.4. The molecule has 1 aromatic rings. The van der Waals surface area contributed by atoms with Gasteiger partial charge >= 0.3 is 0 Å². The molecule has 0 bridgehead atoms. The topological polar surface area (TPSA) is 57.6 Å². The van der Waals surface area contributed by atoms with Gasteiger partial charge in [-0.05, 0) is 18.4 Å².